The fourth-order valence-corrected chi connectivity index (χ4v) is 2.96. The van der Waals surface area contributed by atoms with Gasteiger partial charge in [-0.1, -0.05) is 6.07 Å². The first-order valence-electron chi connectivity index (χ1n) is 7.79. The Labute approximate surface area is 143 Å². The van der Waals surface area contributed by atoms with Crippen LogP contribution in [-0.4, -0.2) is 18.4 Å². The number of ether oxygens (including phenoxy) is 2. The monoisotopic (exact) mass is 340 g/mol. The van der Waals surface area contributed by atoms with E-state index >= 15 is 0 Å². The second-order valence-electron chi connectivity index (χ2n) is 6.06. The zero-order valence-corrected chi connectivity index (χ0v) is 13.3. The fourth-order valence-electron chi connectivity index (χ4n) is 2.96. The van der Waals surface area contributed by atoms with Crippen LogP contribution in [0, 0.1) is 5.82 Å². The van der Waals surface area contributed by atoms with Gasteiger partial charge in [0.2, 0.25) is 6.79 Å². The van der Waals surface area contributed by atoms with Crippen LogP contribution in [-0.2, 0) is 6.42 Å². The van der Waals surface area contributed by atoms with Gasteiger partial charge in [-0.3, -0.25) is 0 Å². The molecule has 2 heterocycles. The molecule has 2 aliphatic rings. The van der Waals surface area contributed by atoms with Crippen LogP contribution in [0.5, 0.6) is 11.5 Å². The first-order chi connectivity index (χ1) is 12.0. The Balaban J connectivity index is 1.63. The Morgan fingerprint density at radius 2 is 1.88 bits per heavy atom. The Kier molecular flexibility index (Phi) is 3.58. The summed E-state index contributed by atoms with van der Waals surface area (Å²) in [4.78, 5) is 4.27. The third-order valence-electron chi connectivity index (χ3n) is 4.07. The fraction of sp³-hybridized carbons (Fsp3) is 0.167. The normalized spacial score (nSPS) is 21.4. The topological polar surface area (TPSA) is 94.9 Å². The van der Waals surface area contributed by atoms with Crippen LogP contribution in [0.3, 0.4) is 0 Å². The molecule has 0 saturated heterocycles. The van der Waals surface area contributed by atoms with Crippen LogP contribution in [0.1, 0.15) is 11.1 Å². The molecule has 0 amide bonds. The largest absolute Gasteiger partial charge is 0.454 e. The van der Waals surface area contributed by atoms with E-state index in [2.05, 4.69) is 10.3 Å². The number of nitrogens with one attached hydrogen (secondary N) is 1. The van der Waals surface area contributed by atoms with Crippen molar-refractivity contribution < 1.29 is 13.9 Å². The summed E-state index contributed by atoms with van der Waals surface area (Å²) in [6.45, 7) is 0.221. The quantitative estimate of drug-likeness (QED) is 0.791. The van der Waals surface area contributed by atoms with Crippen molar-refractivity contribution in [3.63, 3.8) is 0 Å². The van der Waals surface area contributed by atoms with Crippen LogP contribution in [0.25, 0.3) is 5.70 Å². The van der Waals surface area contributed by atoms with Crippen molar-refractivity contribution >= 4 is 11.7 Å². The molecule has 4 rings (SSSR count). The van der Waals surface area contributed by atoms with Gasteiger partial charge in [0.1, 0.15) is 11.5 Å². The Morgan fingerprint density at radius 1 is 1.12 bits per heavy atom. The van der Waals surface area contributed by atoms with Crippen molar-refractivity contribution in [2.24, 2.45) is 16.5 Å². The van der Waals surface area contributed by atoms with Gasteiger partial charge in [0.15, 0.2) is 17.5 Å². The van der Waals surface area contributed by atoms with Crippen molar-refractivity contribution in [3.8, 4) is 11.5 Å². The predicted octanol–water partition coefficient (Wildman–Crippen LogP) is 1.71. The number of fused-ring (bicyclic) bond motifs is 1. The highest BCUT2D eigenvalue weighted by Gasteiger charge is 2.29. The van der Waals surface area contributed by atoms with Gasteiger partial charge in [-0.05, 0) is 48.0 Å². The molecule has 0 aromatic heterocycles. The number of guanidine groups is 1. The molecule has 0 bridgehead atoms. The zero-order chi connectivity index (χ0) is 17.4. The van der Waals surface area contributed by atoms with Crippen LogP contribution < -0.4 is 26.3 Å². The summed E-state index contributed by atoms with van der Waals surface area (Å²) >= 11 is 0. The van der Waals surface area contributed by atoms with Crippen molar-refractivity contribution in [3.05, 3.63) is 65.5 Å². The SMILES string of the molecule is NC1=NC(c2ccc(F)cc2)=CC(N)(Cc2ccc3c(c2)OCO3)N1. The van der Waals surface area contributed by atoms with Crippen molar-refractivity contribution in [1.29, 1.82) is 0 Å². The van der Waals surface area contributed by atoms with Gasteiger partial charge in [-0.2, -0.15) is 0 Å². The van der Waals surface area contributed by atoms with Gasteiger partial charge in [0.25, 0.3) is 0 Å². The second kappa shape index (κ2) is 5.78. The molecular weight excluding hydrogens is 323 g/mol. The van der Waals surface area contributed by atoms with Gasteiger partial charge in [-0.25, -0.2) is 9.38 Å². The molecule has 6 nitrogen and oxygen atoms in total. The minimum atomic E-state index is -0.927. The molecular formula is C18H17FN4O2. The van der Waals surface area contributed by atoms with Crippen LogP contribution >= 0.6 is 0 Å². The Hall–Kier alpha value is -3.06. The Morgan fingerprint density at radius 3 is 2.68 bits per heavy atom. The van der Waals surface area contributed by atoms with E-state index in [4.69, 9.17) is 20.9 Å². The minimum absolute atomic E-state index is 0.213. The molecule has 0 radical (unpaired) electrons. The predicted molar refractivity (Wildman–Crippen MR) is 92.3 cm³/mol. The Bertz CT molecular complexity index is 879. The standard InChI is InChI=1S/C18H17FN4O2/c19-13-4-2-12(3-5-13)14-9-18(21,23-17(20)22-14)8-11-1-6-15-16(7-11)25-10-24-15/h1-7,9H,8,10,21H2,(H3,20,22,23). The summed E-state index contributed by atoms with van der Waals surface area (Å²) in [5.74, 6) is 1.32. The van der Waals surface area contributed by atoms with E-state index < -0.39 is 5.66 Å². The molecule has 1 atom stereocenters. The summed E-state index contributed by atoms with van der Waals surface area (Å²) in [6.07, 6.45) is 2.26. The summed E-state index contributed by atoms with van der Waals surface area (Å²) in [5, 5.41) is 3.00. The number of aliphatic imine (C=N–C) groups is 1. The van der Waals surface area contributed by atoms with E-state index in [-0.39, 0.29) is 18.6 Å². The molecule has 0 aliphatic carbocycles. The van der Waals surface area contributed by atoms with Gasteiger partial charge >= 0.3 is 0 Å². The molecule has 0 spiro atoms. The first kappa shape index (κ1) is 15.5. The van der Waals surface area contributed by atoms with Crippen molar-refractivity contribution in [2.45, 2.75) is 12.1 Å². The number of hydrogen-bond donors (Lipinski definition) is 3. The number of nitrogens with two attached hydrogens (primary N) is 2. The summed E-state index contributed by atoms with van der Waals surface area (Å²) in [6, 6.07) is 11.7. The molecule has 0 fully saturated rings. The lowest BCUT2D eigenvalue weighted by atomic mass is 9.96. The van der Waals surface area contributed by atoms with Crippen molar-refractivity contribution in [1.82, 2.24) is 5.32 Å². The lowest BCUT2D eigenvalue weighted by Crippen LogP contribution is -2.59. The van der Waals surface area contributed by atoms with Crippen LogP contribution in [0.4, 0.5) is 4.39 Å². The number of hydrogen-bond acceptors (Lipinski definition) is 6. The maximum atomic E-state index is 13.1. The van der Waals surface area contributed by atoms with E-state index in [1.54, 1.807) is 18.2 Å². The van der Waals surface area contributed by atoms with Crippen molar-refractivity contribution in [2.75, 3.05) is 6.79 Å². The van der Waals surface area contributed by atoms with E-state index in [0.29, 0.717) is 17.9 Å². The smallest absolute Gasteiger partial charge is 0.231 e. The number of halogens is 1. The van der Waals surface area contributed by atoms with Gasteiger partial charge in [-0.15, -0.1) is 0 Å². The maximum Gasteiger partial charge on any atom is 0.231 e. The number of benzene rings is 2. The molecule has 2 aromatic rings. The van der Waals surface area contributed by atoms with E-state index in [0.717, 1.165) is 16.9 Å². The molecule has 128 valence electrons. The molecule has 0 saturated carbocycles. The van der Waals surface area contributed by atoms with Gasteiger partial charge < -0.3 is 26.3 Å². The second-order valence-corrected chi connectivity index (χ2v) is 6.06. The molecule has 25 heavy (non-hydrogen) atoms. The molecule has 7 heteroatoms. The van der Waals surface area contributed by atoms with Gasteiger partial charge in [0.05, 0.1) is 5.70 Å². The lowest BCUT2D eigenvalue weighted by Gasteiger charge is -2.32. The van der Waals surface area contributed by atoms with E-state index in [9.17, 15) is 4.39 Å². The third-order valence-corrected chi connectivity index (χ3v) is 4.07. The molecule has 1 unspecified atom stereocenters. The van der Waals surface area contributed by atoms with Gasteiger partial charge in [0, 0.05) is 12.0 Å². The van der Waals surface area contributed by atoms with E-state index in [1.807, 2.05) is 18.2 Å². The average molecular weight is 340 g/mol. The van der Waals surface area contributed by atoms with E-state index in [1.165, 1.54) is 12.1 Å². The number of nitrogens with zero attached hydrogens (tertiary/aromatic N) is 1. The highest BCUT2D eigenvalue weighted by Crippen LogP contribution is 2.33. The summed E-state index contributed by atoms with van der Waals surface area (Å²) < 4.78 is 23.9. The highest BCUT2D eigenvalue weighted by molar-refractivity contribution is 5.88. The molecule has 2 aromatic carbocycles. The van der Waals surface area contributed by atoms with Crippen LogP contribution in [0.2, 0.25) is 0 Å². The first-order valence-corrected chi connectivity index (χ1v) is 7.79. The minimum Gasteiger partial charge on any atom is -0.454 e. The zero-order valence-electron chi connectivity index (χ0n) is 13.3. The summed E-state index contributed by atoms with van der Waals surface area (Å²) in [7, 11) is 0. The maximum absolute atomic E-state index is 13.1. The van der Waals surface area contributed by atoms with Crippen LogP contribution in [0.15, 0.2) is 53.5 Å². The highest BCUT2D eigenvalue weighted by atomic mass is 19.1. The number of rotatable bonds is 3. The third kappa shape index (κ3) is 3.14. The lowest BCUT2D eigenvalue weighted by molar-refractivity contribution is 0.174. The molecule has 2 aliphatic heterocycles. The summed E-state index contributed by atoms with van der Waals surface area (Å²) in [5.41, 5.74) is 13.8. The molecule has 5 N–H and O–H groups in total. The average Bonchev–Trinajstić information content (AvgIpc) is 3.02.